The first kappa shape index (κ1) is 38.9. The van der Waals surface area contributed by atoms with Crippen LogP contribution in [0, 0.1) is 117 Å². The maximum Gasteiger partial charge on any atom is 0.640 e. The SMILES string of the molecule is Cc1c(F)c(F)c(F)c(B([O][Al]([CH3])[O]B(c2c(F)c(F)c(F)c(F)c2F)c2c(F)c(F)c(F)c(F)c2F)c2c(F)c(F)c(F)c(F)c2F)c1F. The van der Waals surface area contributed by atoms with E-state index in [2.05, 4.69) is 0 Å². The Morgan fingerprint density at radius 3 is 0.720 bits per heavy atom. The summed E-state index contributed by atoms with van der Waals surface area (Å²) in [6.45, 7) is -6.95. The lowest BCUT2D eigenvalue weighted by Crippen LogP contribution is -2.59. The van der Waals surface area contributed by atoms with Crippen LogP contribution >= 0.6 is 0 Å². The Bertz CT molecular complexity index is 1680. The Morgan fingerprint density at radius 2 is 0.480 bits per heavy atom. The van der Waals surface area contributed by atoms with Crippen molar-refractivity contribution >= 4 is 50.5 Å². The minimum atomic E-state index is -4.90. The molecule has 0 heterocycles. The zero-order valence-electron chi connectivity index (χ0n) is 23.7. The maximum atomic E-state index is 15.2. The van der Waals surface area contributed by atoms with Crippen LogP contribution in [0.2, 0.25) is 5.79 Å². The highest BCUT2D eigenvalue weighted by Gasteiger charge is 2.46. The van der Waals surface area contributed by atoms with Gasteiger partial charge in [0.2, 0.25) is 0 Å². The molecule has 4 rings (SSSR count). The number of hydrogen-bond acceptors (Lipinski definition) is 2. The molecule has 0 N–H and O–H groups in total. The zero-order chi connectivity index (χ0) is 38.0. The second-order valence-electron chi connectivity index (χ2n) is 9.85. The van der Waals surface area contributed by atoms with Gasteiger partial charge < -0.3 is 7.41 Å². The van der Waals surface area contributed by atoms with Crippen molar-refractivity contribution in [3.05, 3.63) is 116 Å². The van der Waals surface area contributed by atoms with Crippen molar-refractivity contribution in [1.29, 1.82) is 0 Å². The highest BCUT2D eigenvalue weighted by Crippen LogP contribution is 2.24. The molecule has 0 atom stereocenters. The normalized spacial score (nSPS) is 11.5. The predicted octanol–water partition coefficient (Wildman–Crippen LogP) is 5.70. The molecule has 0 amide bonds. The summed E-state index contributed by atoms with van der Waals surface area (Å²) in [5.41, 5.74) is -11.2. The molecule has 2 nitrogen and oxygen atoms in total. The summed E-state index contributed by atoms with van der Waals surface area (Å²) < 4.78 is 284. The van der Waals surface area contributed by atoms with Crippen molar-refractivity contribution in [2.45, 2.75) is 12.7 Å². The van der Waals surface area contributed by atoms with Gasteiger partial charge in [0, 0.05) is 27.4 Å². The van der Waals surface area contributed by atoms with E-state index < -0.39 is 167 Å². The molecule has 4 aromatic rings. The molecule has 50 heavy (non-hydrogen) atoms. The fraction of sp³-hybridized carbons (Fsp3) is 0.0769. The second kappa shape index (κ2) is 14.0. The fourth-order valence-electron chi connectivity index (χ4n) is 4.54. The van der Waals surface area contributed by atoms with E-state index in [1.54, 1.807) is 0 Å². The molecule has 264 valence electrons. The van der Waals surface area contributed by atoms with Gasteiger partial charge in [0.25, 0.3) is 0 Å². The van der Waals surface area contributed by atoms with Crippen LogP contribution in [0.1, 0.15) is 5.56 Å². The Morgan fingerprint density at radius 1 is 0.300 bits per heavy atom. The summed E-state index contributed by atoms with van der Waals surface area (Å²) in [6.07, 6.45) is 0. The minimum absolute atomic E-state index is 0.326. The van der Waals surface area contributed by atoms with Crippen molar-refractivity contribution in [1.82, 2.24) is 0 Å². The van der Waals surface area contributed by atoms with E-state index >= 15 is 4.39 Å². The van der Waals surface area contributed by atoms with E-state index in [4.69, 9.17) is 7.41 Å². The maximum absolute atomic E-state index is 15.2. The van der Waals surface area contributed by atoms with Gasteiger partial charge in [-0.25, -0.2) is 83.4 Å². The van der Waals surface area contributed by atoms with Crippen molar-refractivity contribution in [2.75, 3.05) is 0 Å². The summed E-state index contributed by atoms with van der Waals surface area (Å²) in [5, 5.41) is 0. The van der Waals surface area contributed by atoms with Gasteiger partial charge in [-0.1, -0.05) is 5.79 Å². The summed E-state index contributed by atoms with van der Waals surface area (Å²) >= 11 is -4.90. The Kier molecular flexibility index (Phi) is 10.9. The van der Waals surface area contributed by atoms with E-state index in [0.29, 0.717) is 12.7 Å². The molecule has 24 heteroatoms. The molecular formula is C26H6AlB2F19O2. The lowest BCUT2D eigenvalue weighted by molar-refractivity contribution is 0.376. The fourth-order valence-corrected chi connectivity index (χ4v) is 5.91. The van der Waals surface area contributed by atoms with Gasteiger partial charge in [0.1, 0.15) is 5.82 Å². The first-order valence-corrected chi connectivity index (χ1v) is 14.9. The Labute approximate surface area is 270 Å². The first-order valence-electron chi connectivity index (χ1n) is 12.8. The smallest absolute Gasteiger partial charge is 0.538 e. The lowest BCUT2D eigenvalue weighted by atomic mass is 9.54. The third-order valence-electron chi connectivity index (χ3n) is 6.95. The summed E-state index contributed by atoms with van der Waals surface area (Å²) in [5.74, 6) is -54.1. The third kappa shape index (κ3) is 6.09. The van der Waals surface area contributed by atoms with Gasteiger partial charge in [0.05, 0.1) is 0 Å². The monoisotopic (exact) mass is 760 g/mol. The molecule has 0 aliphatic rings. The number of hydrogen-bond donors (Lipinski definition) is 0. The van der Waals surface area contributed by atoms with Crippen LogP contribution in [-0.2, 0) is 7.41 Å². The number of benzene rings is 4. The summed E-state index contributed by atoms with van der Waals surface area (Å²) in [6, 6.07) is 0. The standard InChI is InChI=1S/C13H3BF9O.C12BF10O.CH3.Al/c1-2-5(15)3(7(17)10(20)6(2)16)14(24)4-8(18)11(21)13(23)12(22)9(4)19;14-3-1(4(15)8(19)11(22)7(3)18)13(24)2-5(16)9(20)12(23)10(21)6(2)17;;/h1H3;;1H3;/q2*-1;;+2. The van der Waals surface area contributed by atoms with Crippen molar-refractivity contribution in [3.8, 4) is 0 Å². The minimum Gasteiger partial charge on any atom is -0.538 e. The average molecular weight is 760 g/mol. The largest absolute Gasteiger partial charge is 0.640 e. The molecule has 0 bridgehead atoms. The van der Waals surface area contributed by atoms with Gasteiger partial charge >= 0.3 is 28.6 Å². The van der Waals surface area contributed by atoms with Crippen molar-refractivity contribution in [2.24, 2.45) is 0 Å². The van der Waals surface area contributed by atoms with Crippen LogP contribution in [-0.4, -0.2) is 28.6 Å². The van der Waals surface area contributed by atoms with Crippen LogP contribution in [0.3, 0.4) is 0 Å². The van der Waals surface area contributed by atoms with Gasteiger partial charge in [-0.15, -0.1) is 0 Å². The lowest BCUT2D eigenvalue weighted by Gasteiger charge is -2.26. The van der Waals surface area contributed by atoms with Gasteiger partial charge in [-0.2, -0.15) is 0 Å². The van der Waals surface area contributed by atoms with E-state index in [1.165, 1.54) is 0 Å². The van der Waals surface area contributed by atoms with Crippen LogP contribution in [0.5, 0.6) is 0 Å². The molecule has 0 aliphatic heterocycles. The summed E-state index contributed by atoms with van der Waals surface area (Å²) in [4.78, 5) is 0. The van der Waals surface area contributed by atoms with Gasteiger partial charge in [-0.05, 0) is 6.92 Å². The molecule has 0 aromatic heterocycles. The van der Waals surface area contributed by atoms with Crippen LogP contribution in [0.15, 0.2) is 0 Å². The molecule has 0 fully saturated rings. The molecular weight excluding hydrogens is 754 g/mol. The summed E-state index contributed by atoms with van der Waals surface area (Å²) in [7, 11) is 0. The van der Waals surface area contributed by atoms with Crippen LogP contribution in [0.25, 0.3) is 0 Å². The third-order valence-corrected chi connectivity index (χ3v) is 8.26. The average Bonchev–Trinajstić information content (AvgIpc) is 3.07. The molecule has 4 aromatic carbocycles. The molecule has 0 unspecified atom stereocenters. The molecule has 0 saturated heterocycles. The molecule has 0 aliphatic carbocycles. The highest BCUT2D eigenvalue weighted by molar-refractivity contribution is 6.88. The Balaban J connectivity index is 2.04. The second-order valence-corrected chi connectivity index (χ2v) is 11.5. The molecule has 0 spiro atoms. The number of rotatable bonds is 8. The van der Waals surface area contributed by atoms with E-state index in [9.17, 15) is 79.0 Å². The zero-order valence-corrected chi connectivity index (χ0v) is 24.9. The topological polar surface area (TPSA) is 18.5 Å². The van der Waals surface area contributed by atoms with Crippen molar-refractivity contribution in [3.63, 3.8) is 0 Å². The van der Waals surface area contributed by atoms with Crippen LogP contribution < -0.4 is 21.9 Å². The van der Waals surface area contributed by atoms with Gasteiger partial charge in [-0.3, -0.25) is 0 Å². The predicted molar refractivity (Wildman–Crippen MR) is 134 cm³/mol. The molecule has 0 radical (unpaired) electrons. The van der Waals surface area contributed by atoms with Crippen LogP contribution in [0.4, 0.5) is 83.4 Å². The Hall–Kier alpha value is -3.87. The van der Waals surface area contributed by atoms with E-state index in [-0.39, 0.29) is 0 Å². The quantitative estimate of drug-likeness (QED) is 0.0995. The van der Waals surface area contributed by atoms with Crippen molar-refractivity contribution < 1.29 is 90.8 Å². The highest BCUT2D eigenvalue weighted by atomic mass is 27.2. The molecule has 0 saturated carbocycles. The van der Waals surface area contributed by atoms with Gasteiger partial charge in [0.15, 0.2) is 105 Å². The first-order chi connectivity index (χ1) is 23.1. The van der Waals surface area contributed by atoms with E-state index in [0.717, 1.165) is 0 Å². The number of halogens is 19. The van der Waals surface area contributed by atoms with E-state index in [1.807, 2.05) is 0 Å².